The molecule has 36 heavy (non-hydrogen) atoms. The van der Waals surface area contributed by atoms with Crippen molar-refractivity contribution in [3.63, 3.8) is 0 Å². The van der Waals surface area contributed by atoms with Crippen LogP contribution in [0.4, 0.5) is 17.5 Å². The molecule has 4 aromatic rings. The van der Waals surface area contributed by atoms with Gasteiger partial charge < -0.3 is 25.6 Å². The third kappa shape index (κ3) is 7.09. The second-order valence-electron chi connectivity index (χ2n) is 8.47. The maximum Gasteiger partial charge on any atom is 0.263 e. The first-order valence-electron chi connectivity index (χ1n) is 11.5. The summed E-state index contributed by atoms with van der Waals surface area (Å²) in [5.41, 5.74) is 9.02. The van der Waals surface area contributed by atoms with E-state index in [0.717, 1.165) is 12.1 Å². The Morgan fingerprint density at radius 3 is 2.33 bits per heavy atom. The minimum atomic E-state index is -0.0632. The van der Waals surface area contributed by atoms with Crippen molar-refractivity contribution in [3.8, 4) is 11.5 Å². The van der Waals surface area contributed by atoms with E-state index in [4.69, 9.17) is 15.4 Å². The molecule has 0 saturated heterocycles. The van der Waals surface area contributed by atoms with Gasteiger partial charge in [-0.3, -0.25) is 4.79 Å². The molecule has 0 aliphatic carbocycles. The van der Waals surface area contributed by atoms with Crippen molar-refractivity contribution in [1.82, 2.24) is 25.0 Å². The summed E-state index contributed by atoms with van der Waals surface area (Å²) < 4.78 is 5.23. The molecule has 2 aromatic heterocycles. The fraction of sp³-hybridized carbons (Fsp3) is 0.269. The van der Waals surface area contributed by atoms with Gasteiger partial charge >= 0.3 is 0 Å². The average Bonchev–Trinajstić information content (AvgIpc) is 3.36. The van der Waals surface area contributed by atoms with Crippen LogP contribution in [-0.4, -0.2) is 56.7 Å². The first-order valence-corrected chi connectivity index (χ1v) is 11.5. The number of nitrogen functional groups attached to an aromatic ring is 1. The topological polar surface area (TPSA) is 143 Å². The van der Waals surface area contributed by atoms with Crippen LogP contribution < -0.4 is 11.1 Å². The Labute approximate surface area is 210 Å². The van der Waals surface area contributed by atoms with Crippen LogP contribution >= 0.6 is 0 Å². The zero-order chi connectivity index (χ0) is 26.1. The summed E-state index contributed by atoms with van der Waals surface area (Å²) in [6.45, 7) is 4.18. The molecule has 0 fully saturated rings. The summed E-state index contributed by atoms with van der Waals surface area (Å²) in [6.07, 6.45) is 2.30. The van der Waals surface area contributed by atoms with Crippen molar-refractivity contribution >= 4 is 23.4 Å². The molecule has 0 spiro atoms. The zero-order valence-electron chi connectivity index (χ0n) is 20.8. The van der Waals surface area contributed by atoms with Gasteiger partial charge in [-0.1, -0.05) is 49.3 Å². The molecule has 0 atom stereocenters. The van der Waals surface area contributed by atoms with Gasteiger partial charge in [0.2, 0.25) is 5.95 Å². The van der Waals surface area contributed by atoms with Crippen molar-refractivity contribution in [3.05, 3.63) is 77.7 Å². The van der Waals surface area contributed by atoms with Crippen LogP contribution in [0.5, 0.6) is 0 Å². The molecule has 2 heterocycles. The van der Waals surface area contributed by atoms with Crippen LogP contribution in [0.25, 0.3) is 11.5 Å². The van der Waals surface area contributed by atoms with E-state index in [2.05, 4.69) is 25.4 Å². The molecule has 0 bridgehead atoms. The van der Waals surface area contributed by atoms with Crippen LogP contribution in [-0.2, 0) is 6.42 Å². The lowest BCUT2D eigenvalue weighted by atomic mass is 10.2. The molecule has 0 saturated carbocycles. The number of nitrogens with zero attached hydrogens (tertiary/aromatic N) is 5. The fourth-order valence-corrected chi connectivity index (χ4v) is 3.06. The van der Waals surface area contributed by atoms with Crippen molar-refractivity contribution in [2.24, 2.45) is 0 Å². The fourth-order valence-electron chi connectivity index (χ4n) is 3.06. The molecule has 4 rings (SSSR count). The maximum atomic E-state index is 11.9. The van der Waals surface area contributed by atoms with Gasteiger partial charge in [0.1, 0.15) is 11.4 Å². The van der Waals surface area contributed by atoms with Crippen LogP contribution in [0, 0.1) is 0 Å². The Morgan fingerprint density at radius 1 is 1.08 bits per heavy atom. The van der Waals surface area contributed by atoms with Gasteiger partial charge in [0, 0.05) is 44.1 Å². The van der Waals surface area contributed by atoms with Gasteiger partial charge in [0.25, 0.3) is 11.8 Å². The first-order chi connectivity index (χ1) is 17.3. The zero-order valence-corrected chi connectivity index (χ0v) is 20.8. The van der Waals surface area contributed by atoms with E-state index >= 15 is 0 Å². The van der Waals surface area contributed by atoms with Gasteiger partial charge in [0.15, 0.2) is 5.82 Å². The monoisotopic (exact) mass is 489 g/mol. The summed E-state index contributed by atoms with van der Waals surface area (Å²) >= 11 is 0. The van der Waals surface area contributed by atoms with E-state index in [-0.39, 0.29) is 30.1 Å². The summed E-state index contributed by atoms with van der Waals surface area (Å²) in [4.78, 5) is 26.2. The minimum absolute atomic E-state index is 0.0632. The molecule has 0 aliphatic rings. The molecular formula is C26H31N7O3. The predicted molar refractivity (Wildman–Crippen MR) is 139 cm³/mol. The molecular weight excluding hydrogens is 458 g/mol. The average molecular weight is 490 g/mol. The number of aliphatic hydroxyl groups is 1. The number of hydrogen-bond donors (Lipinski definition) is 3. The van der Waals surface area contributed by atoms with Crippen LogP contribution in [0.2, 0.25) is 0 Å². The SMILES string of the molecule is CC(C)c1noc(-c2cnc(Nc3ccc(C(=O)N(C)C)cc3)nc2N)n1.OCCc1ccccc1. The van der Waals surface area contributed by atoms with Gasteiger partial charge in [-0.25, -0.2) is 4.98 Å². The van der Waals surface area contributed by atoms with Gasteiger partial charge in [-0.15, -0.1) is 0 Å². The van der Waals surface area contributed by atoms with E-state index in [1.807, 2.05) is 44.2 Å². The summed E-state index contributed by atoms with van der Waals surface area (Å²) in [6, 6.07) is 17.0. The van der Waals surface area contributed by atoms with Crippen LogP contribution in [0.1, 0.15) is 41.5 Å². The van der Waals surface area contributed by atoms with Gasteiger partial charge in [-0.05, 0) is 36.2 Å². The highest BCUT2D eigenvalue weighted by Crippen LogP contribution is 2.25. The number of nitrogens with two attached hydrogens (primary N) is 1. The molecule has 2 aromatic carbocycles. The standard InChI is InChI=1S/C18H21N7O2.C8H10O/c1-10(2)15-23-16(27-24-15)13-9-20-18(22-14(13)19)21-12-7-5-11(6-8-12)17(26)25(3)4;9-7-6-8-4-2-1-3-5-8/h5-10H,1-4H3,(H3,19,20,21,22);1-5,9H,6-7H2. The molecule has 0 unspecified atom stereocenters. The number of nitrogens with one attached hydrogen (secondary N) is 1. The van der Waals surface area contributed by atoms with Crippen molar-refractivity contribution in [1.29, 1.82) is 0 Å². The number of carbonyl (C=O) groups is 1. The van der Waals surface area contributed by atoms with E-state index in [9.17, 15) is 4.79 Å². The van der Waals surface area contributed by atoms with E-state index < -0.39 is 0 Å². The number of anilines is 3. The number of hydrogen-bond acceptors (Lipinski definition) is 9. The Bertz CT molecular complexity index is 1260. The van der Waals surface area contributed by atoms with Gasteiger partial charge in [0.05, 0.1) is 0 Å². The quantitative estimate of drug-likeness (QED) is 0.352. The molecule has 1 amide bonds. The van der Waals surface area contributed by atoms with Crippen LogP contribution in [0.15, 0.2) is 65.3 Å². The highest BCUT2D eigenvalue weighted by molar-refractivity contribution is 5.94. The lowest BCUT2D eigenvalue weighted by Crippen LogP contribution is -2.21. The number of aliphatic hydroxyl groups excluding tert-OH is 1. The third-order valence-electron chi connectivity index (χ3n) is 5.04. The highest BCUT2D eigenvalue weighted by atomic mass is 16.5. The largest absolute Gasteiger partial charge is 0.396 e. The number of rotatable bonds is 7. The molecule has 10 nitrogen and oxygen atoms in total. The Kier molecular flexibility index (Phi) is 9.07. The number of aromatic nitrogens is 4. The number of amides is 1. The first kappa shape index (κ1) is 26.3. The summed E-state index contributed by atoms with van der Waals surface area (Å²) in [5.74, 6) is 1.52. The van der Waals surface area contributed by atoms with E-state index in [1.165, 1.54) is 16.7 Å². The second-order valence-corrected chi connectivity index (χ2v) is 8.47. The van der Waals surface area contributed by atoms with E-state index in [0.29, 0.717) is 22.9 Å². The Morgan fingerprint density at radius 2 is 1.78 bits per heavy atom. The molecule has 0 aliphatic heterocycles. The number of carbonyl (C=O) groups excluding carboxylic acids is 1. The van der Waals surface area contributed by atoms with Crippen molar-refractivity contribution in [2.45, 2.75) is 26.2 Å². The minimum Gasteiger partial charge on any atom is -0.396 e. The summed E-state index contributed by atoms with van der Waals surface area (Å²) in [7, 11) is 3.42. The lowest BCUT2D eigenvalue weighted by molar-refractivity contribution is 0.0827. The molecule has 0 radical (unpaired) electrons. The highest BCUT2D eigenvalue weighted by Gasteiger charge is 2.16. The summed E-state index contributed by atoms with van der Waals surface area (Å²) in [5, 5.41) is 15.5. The predicted octanol–water partition coefficient (Wildman–Crippen LogP) is 3.90. The van der Waals surface area contributed by atoms with Crippen molar-refractivity contribution in [2.75, 3.05) is 31.8 Å². The number of benzene rings is 2. The Balaban J connectivity index is 0.000000338. The smallest absolute Gasteiger partial charge is 0.263 e. The van der Waals surface area contributed by atoms with E-state index in [1.54, 1.807) is 38.4 Å². The maximum absolute atomic E-state index is 11.9. The molecule has 4 N–H and O–H groups in total. The van der Waals surface area contributed by atoms with Gasteiger partial charge in [-0.2, -0.15) is 9.97 Å². The molecule has 10 heteroatoms. The normalized spacial score (nSPS) is 10.5. The lowest BCUT2D eigenvalue weighted by Gasteiger charge is -2.11. The third-order valence-corrected chi connectivity index (χ3v) is 5.04. The Hall–Kier alpha value is -4.31. The second kappa shape index (κ2) is 12.4. The molecule has 188 valence electrons. The van der Waals surface area contributed by atoms with Crippen LogP contribution in [0.3, 0.4) is 0 Å². The van der Waals surface area contributed by atoms with Crippen molar-refractivity contribution < 1.29 is 14.4 Å².